The molecule has 2 heteroatoms. The molecule has 0 radical (unpaired) electrons. The summed E-state index contributed by atoms with van der Waals surface area (Å²) in [6, 6.07) is 14.6. The van der Waals surface area contributed by atoms with Crippen LogP contribution in [0.1, 0.15) is 5.56 Å². The summed E-state index contributed by atoms with van der Waals surface area (Å²) in [6.07, 6.45) is 5.52. The lowest BCUT2D eigenvalue weighted by molar-refractivity contribution is 1.15. The number of fused-ring (bicyclic) bond motifs is 2. The van der Waals surface area contributed by atoms with Gasteiger partial charge < -0.3 is 0 Å². The summed E-state index contributed by atoms with van der Waals surface area (Å²) in [5.41, 5.74) is 0.990. The SMILES string of the molecule is C#Cc1cccc2c1Sc1ccccc1S2. The molecule has 0 bridgehead atoms. The zero-order valence-electron chi connectivity index (χ0n) is 8.44. The zero-order valence-corrected chi connectivity index (χ0v) is 10.1. The highest BCUT2D eigenvalue weighted by molar-refractivity contribution is 8.05. The van der Waals surface area contributed by atoms with Gasteiger partial charge in [0, 0.05) is 25.1 Å². The fourth-order valence-electron chi connectivity index (χ4n) is 1.66. The molecule has 0 unspecified atom stereocenters. The first-order valence-electron chi connectivity index (χ1n) is 4.93. The van der Waals surface area contributed by atoms with Gasteiger partial charge in [0.05, 0.1) is 0 Å². The fourth-order valence-corrected chi connectivity index (χ4v) is 4.00. The third kappa shape index (κ3) is 1.53. The Morgan fingerprint density at radius 2 is 1.50 bits per heavy atom. The van der Waals surface area contributed by atoms with Crippen molar-refractivity contribution in [1.29, 1.82) is 0 Å². The van der Waals surface area contributed by atoms with E-state index < -0.39 is 0 Å². The molecule has 3 rings (SSSR count). The Balaban J connectivity index is 2.16. The molecule has 1 aliphatic rings. The van der Waals surface area contributed by atoms with Gasteiger partial charge in [-0.25, -0.2) is 0 Å². The molecule has 2 aromatic rings. The largest absolute Gasteiger partial charge is 0.115 e. The first-order valence-corrected chi connectivity index (χ1v) is 6.56. The van der Waals surface area contributed by atoms with Gasteiger partial charge in [-0.1, -0.05) is 47.6 Å². The first-order chi connectivity index (χ1) is 7.88. The van der Waals surface area contributed by atoms with E-state index in [9.17, 15) is 0 Å². The van der Waals surface area contributed by atoms with Gasteiger partial charge >= 0.3 is 0 Å². The van der Waals surface area contributed by atoms with Crippen LogP contribution in [0.4, 0.5) is 0 Å². The Labute approximate surface area is 103 Å². The molecule has 2 aromatic carbocycles. The summed E-state index contributed by atoms with van der Waals surface area (Å²) in [6.45, 7) is 0. The van der Waals surface area contributed by atoms with Crippen molar-refractivity contribution >= 4 is 23.5 Å². The van der Waals surface area contributed by atoms with E-state index in [0.717, 1.165) is 5.56 Å². The van der Waals surface area contributed by atoms with E-state index in [2.05, 4.69) is 36.3 Å². The quantitative estimate of drug-likeness (QED) is 0.538. The topological polar surface area (TPSA) is 0 Å². The summed E-state index contributed by atoms with van der Waals surface area (Å²) < 4.78 is 0. The van der Waals surface area contributed by atoms with Gasteiger partial charge in [-0.05, 0) is 24.3 Å². The van der Waals surface area contributed by atoms with E-state index in [4.69, 9.17) is 6.42 Å². The molecular formula is C14H8S2. The summed E-state index contributed by atoms with van der Waals surface area (Å²) in [5, 5.41) is 0. The molecule has 0 spiro atoms. The summed E-state index contributed by atoms with van der Waals surface area (Å²) in [4.78, 5) is 5.09. The van der Waals surface area contributed by atoms with Crippen molar-refractivity contribution in [2.45, 2.75) is 19.6 Å². The Kier molecular flexibility index (Phi) is 2.43. The molecule has 0 nitrogen and oxygen atoms in total. The van der Waals surface area contributed by atoms with Gasteiger partial charge in [0.1, 0.15) is 0 Å². The van der Waals surface area contributed by atoms with E-state index in [1.54, 1.807) is 23.5 Å². The standard InChI is InChI=1S/C14H8S2/c1-2-10-6-5-9-13-14(10)16-12-8-4-3-7-11(12)15-13/h1,3-9H. The van der Waals surface area contributed by atoms with Crippen LogP contribution in [0.2, 0.25) is 0 Å². The van der Waals surface area contributed by atoms with Crippen molar-refractivity contribution in [3.05, 3.63) is 48.0 Å². The van der Waals surface area contributed by atoms with Crippen LogP contribution in [0.3, 0.4) is 0 Å². The van der Waals surface area contributed by atoms with Crippen molar-refractivity contribution in [3.63, 3.8) is 0 Å². The average Bonchev–Trinajstić information content (AvgIpc) is 2.35. The van der Waals surface area contributed by atoms with Crippen LogP contribution < -0.4 is 0 Å². The van der Waals surface area contributed by atoms with Gasteiger partial charge in [-0.15, -0.1) is 6.42 Å². The molecule has 0 atom stereocenters. The monoisotopic (exact) mass is 240 g/mol. The number of rotatable bonds is 0. The van der Waals surface area contributed by atoms with Gasteiger partial charge in [-0.3, -0.25) is 0 Å². The lowest BCUT2D eigenvalue weighted by Crippen LogP contribution is -1.91. The van der Waals surface area contributed by atoms with Crippen LogP contribution in [-0.4, -0.2) is 0 Å². The average molecular weight is 240 g/mol. The van der Waals surface area contributed by atoms with E-state index in [1.807, 2.05) is 12.1 Å². The van der Waals surface area contributed by atoms with Gasteiger partial charge in [0.25, 0.3) is 0 Å². The summed E-state index contributed by atoms with van der Waals surface area (Å²) in [7, 11) is 0. The smallest absolute Gasteiger partial charge is 0.0418 e. The maximum Gasteiger partial charge on any atom is 0.0418 e. The van der Waals surface area contributed by atoms with Gasteiger partial charge in [-0.2, -0.15) is 0 Å². The third-order valence-corrected chi connectivity index (χ3v) is 5.03. The highest BCUT2D eigenvalue weighted by Crippen LogP contribution is 2.49. The van der Waals surface area contributed by atoms with E-state index in [0.29, 0.717) is 0 Å². The third-order valence-electron chi connectivity index (χ3n) is 2.42. The number of terminal acetylenes is 1. The molecule has 1 heterocycles. The Morgan fingerprint density at radius 1 is 0.812 bits per heavy atom. The molecule has 0 saturated heterocycles. The predicted octanol–water partition coefficient (Wildman–Crippen LogP) is 4.28. The number of benzene rings is 2. The van der Waals surface area contributed by atoms with Crippen molar-refractivity contribution in [1.82, 2.24) is 0 Å². The fraction of sp³-hybridized carbons (Fsp3) is 0. The maximum absolute atomic E-state index is 5.52. The second-order valence-electron chi connectivity index (χ2n) is 3.43. The van der Waals surface area contributed by atoms with Crippen molar-refractivity contribution in [2.75, 3.05) is 0 Å². The van der Waals surface area contributed by atoms with Crippen LogP contribution in [0.5, 0.6) is 0 Å². The van der Waals surface area contributed by atoms with Crippen LogP contribution in [0, 0.1) is 12.3 Å². The summed E-state index contributed by atoms with van der Waals surface area (Å²) >= 11 is 3.57. The molecule has 0 aromatic heterocycles. The van der Waals surface area contributed by atoms with Gasteiger partial charge in [0.15, 0.2) is 0 Å². The minimum Gasteiger partial charge on any atom is -0.115 e. The molecule has 76 valence electrons. The number of hydrogen-bond donors (Lipinski definition) is 0. The number of hydrogen-bond acceptors (Lipinski definition) is 2. The lowest BCUT2D eigenvalue weighted by atomic mass is 10.2. The molecule has 0 saturated carbocycles. The van der Waals surface area contributed by atoms with Crippen molar-refractivity contribution < 1.29 is 0 Å². The maximum atomic E-state index is 5.52. The minimum atomic E-state index is 0.990. The van der Waals surface area contributed by atoms with Crippen LogP contribution >= 0.6 is 23.5 Å². The second kappa shape index (κ2) is 3.93. The molecule has 16 heavy (non-hydrogen) atoms. The summed E-state index contributed by atoms with van der Waals surface area (Å²) in [5.74, 6) is 2.75. The molecule has 0 aliphatic carbocycles. The highest BCUT2D eigenvalue weighted by atomic mass is 32.2. The second-order valence-corrected chi connectivity index (χ2v) is 5.56. The molecule has 0 amide bonds. The Morgan fingerprint density at radius 3 is 2.25 bits per heavy atom. The highest BCUT2D eigenvalue weighted by Gasteiger charge is 2.18. The first kappa shape index (κ1) is 9.89. The van der Waals surface area contributed by atoms with E-state index in [1.165, 1.54) is 19.6 Å². The zero-order chi connectivity index (χ0) is 11.0. The molecule has 1 aliphatic heterocycles. The lowest BCUT2D eigenvalue weighted by Gasteiger charge is -2.18. The van der Waals surface area contributed by atoms with Crippen LogP contribution in [-0.2, 0) is 0 Å². The molecular weight excluding hydrogens is 232 g/mol. The minimum absolute atomic E-state index is 0.990. The Hall–Kier alpha value is -1.30. The van der Waals surface area contributed by atoms with Gasteiger partial charge in [0.2, 0.25) is 0 Å². The van der Waals surface area contributed by atoms with Crippen molar-refractivity contribution in [3.8, 4) is 12.3 Å². The molecule has 0 N–H and O–H groups in total. The van der Waals surface area contributed by atoms with Crippen molar-refractivity contribution in [2.24, 2.45) is 0 Å². The predicted molar refractivity (Wildman–Crippen MR) is 69.1 cm³/mol. The van der Waals surface area contributed by atoms with Crippen LogP contribution in [0.25, 0.3) is 0 Å². The van der Waals surface area contributed by atoms with E-state index in [-0.39, 0.29) is 0 Å². The Bertz CT molecular complexity index is 594. The normalized spacial score (nSPS) is 12.4. The van der Waals surface area contributed by atoms with E-state index >= 15 is 0 Å². The molecule has 0 fully saturated rings. The van der Waals surface area contributed by atoms with Crippen LogP contribution in [0.15, 0.2) is 62.0 Å².